The maximum absolute atomic E-state index is 13.1. The number of rotatable bonds is 8. The van der Waals surface area contributed by atoms with Crippen LogP contribution in [0.5, 0.6) is 0 Å². The van der Waals surface area contributed by atoms with Crippen LogP contribution in [0, 0.1) is 5.92 Å². The fourth-order valence-electron chi connectivity index (χ4n) is 3.66. The molecule has 0 aromatic heterocycles. The van der Waals surface area contributed by atoms with Crippen molar-refractivity contribution in [3.05, 3.63) is 53.6 Å². The largest absolute Gasteiger partial charge is 0.378 e. The van der Waals surface area contributed by atoms with Crippen molar-refractivity contribution in [1.29, 1.82) is 0 Å². The lowest BCUT2D eigenvalue weighted by Crippen LogP contribution is -2.49. The molecular formula is C24H32N4O4S. The highest BCUT2D eigenvalue weighted by Crippen LogP contribution is 2.25. The number of fused-ring (bicyclic) bond motifs is 1. The molecule has 0 radical (unpaired) electrons. The van der Waals surface area contributed by atoms with Gasteiger partial charge in [0.1, 0.15) is 6.04 Å². The third-order valence-electron chi connectivity index (χ3n) is 5.66. The van der Waals surface area contributed by atoms with E-state index in [4.69, 9.17) is 0 Å². The van der Waals surface area contributed by atoms with Crippen molar-refractivity contribution < 1.29 is 18.0 Å². The Kier molecular flexibility index (Phi) is 7.76. The molecule has 0 aliphatic carbocycles. The minimum absolute atomic E-state index is 0.0737. The number of amides is 2. The van der Waals surface area contributed by atoms with Crippen molar-refractivity contribution in [1.82, 2.24) is 10.0 Å². The molecule has 1 aliphatic rings. The first-order chi connectivity index (χ1) is 15.6. The van der Waals surface area contributed by atoms with Crippen LogP contribution in [0.2, 0.25) is 0 Å². The molecule has 2 aromatic rings. The Labute approximate surface area is 195 Å². The number of hydrogen-bond donors (Lipinski definition) is 3. The number of benzene rings is 2. The van der Waals surface area contributed by atoms with Crippen LogP contribution in [0.3, 0.4) is 0 Å². The zero-order valence-corrected chi connectivity index (χ0v) is 20.3. The van der Waals surface area contributed by atoms with E-state index in [9.17, 15) is 18.0 Å². The van der Waals surface area contributed by atoms with E-state index in [0.717, 1.165) is 16.8 Å². The molecule has 0 unspecified atom stereocenters. The lowest BCUT2D eigenvalue weighted by Gasteiger charge is -2.22. The van der Waals surface area contributed by atoms with E-state index in [-0.39, 0.29) is 22.6 Å². The molecule has 0 fully saturated rings. The summed E-state index contributed by atoms with van der Waals surface area (Å²) in [5.41, 5.74) is 3.38. The van der Waals surface area contributed by atoms with Gasteiger partial charge < -0.3 is 15.5 Å². The first-order valence-electron chi connectivity index (χ1n) is 11.1. The molecule has 9 heteroatoms. The summed E-state index contributed by atoms with van der Waals surface area (Å²) in [5, 5.41) is 5.64. The molecular weight excluding hydrogens is 440 g/mol. The van der Waals surface area contributed by atoms with Crippen molar-refractivity contribution in [3.63, 3.8) is 0 Å². The van der Waals surface area contributed by atoms with E-state index < -0.39 is 16.1 Å². The van der Waals surface area contributed by atoms with Gasteiger partial charge in [0.05, 0.1) is 4.90 Å². The predicted octanol–water partition coefficient (Wildman–Crippen LogP) is 2.65. The fourth-order valence-corrected chi connectivity index (χ4v) is 5.05. The lowest BCUT2D eigenvalue weighted by atomic mass is 10.0. The van der Waals surface area contributed by atoms with Crippen molar-refractivity contribution in [3.8, 4) is 0 Å². The minimum Gasteiger partial charge on any atom is -0.378 e. The smallest absolute Gasteiger partial charge is 0.241 e. The van der Waals surface area contributed by atoms with Crippen LogP contribution in [0.25, 0.3) is 0 Å². The summed E-state index contributed by atoms with van der Waals surface area (Å²) < 4.78 is 28.7. The van der Waals surface area contributed by atoms with Gasteiger partial charge in [0.2, 0.25) is 21.8 Å². The second-order valence-corrected chi connectivity index (χ2v) is 10.6. The molecule has 0 saturated carbocycles. The Morgan fingerprint density at radius 1 is 1.09 bits per heavy atom. The summed E-state index contributed by atoms with van der Waals surface area (Å²) in [5.74, 6) is -0.710. The Bertz CT molecular complexity index is 1110. The number of nitrogens with zero attached hydrogens (tertiary/aromatic N) is 1. The summed E-state index contributed by atoms with van der Waals surface area (Å²) in [4.78, 5) is 26.7. The van der Waals surface area contributed by atoms with Gasteiger partial charge in [-0.1, -0.05) is 26.0 Å². The Hall–Kier alpha value is -2.91. The first kappa shape index (κ1) is 24.7. The molecule has 178 valence electrons. The van der Waals surface area contributed by atoms with Crippen LogP contribution in [0.4, 0.5) is 11.4 Å². The summed E-state index contributed by atoms with van der Waals surface area (Å²) in [6.07, 6.45) is 1.67. The number of nitrogens with one attached hydrogen (secondary N) is 3. The SMILES string of the molecule is CC(C)[C@H](NS(=O)(=O)c1ccc2c(c1)CCCC(=O)N2)C(=O)NCc1ccc(N(C)C)cc1. The van der Waals surface area contributed by atoms with Gasteiger partial charge in [-0.05, 0) is 60.2 Å². The number of hydrogen-bond acceptors (Lipinski definition) is 5. The van der Waals surface area contributed by atoms with E-state index in [1.54, 1.807) is 26.0 Å². The molecule has 0 saturated heterocycles. The van der Waals surface area contributed by atoms with Gasteiger partial charge >= 0.3 is 0 Å². The van der Waals surface area contributed by atoms with Crippen LogP contribution in [0.15, 0.2) is 47.4 Å². The zero-order valence-electron chi connectivity index (χ0n) is 19.5. The number of sulfonamides is 1. The minimum atomic E-state index is -3.94. The second-order valence-electron chi connectivity index (χ2n) is 8.84. The van der Waals surface area contributed by atoms with Crippen LogP contribution < -0.4 is 20.3 Å². The number of carbonyl (C=O) groups excluding carboxylic acids is 2. The molecule has 0 bridgehead atoms. The van der Waals surface area contributed by atoms with E-state index >= 15 is 0 Å². The molecule has 2 aromatic carbocycles. The van der Waals surface area contributed by atoms with Crippen molar-refractivity contribution in [2.45, 2.75) is 50.6 Å². The number of aryl methyl sites for hydroxylation is 1. The summed E-state index contributed by atoms with van der Waals surface area (Å²) in [7, 11) is -0.0263. The molecule has 2 amide bonds. The van der Waals surface area contributed by atoms with Crippen molar-refractivity contribution >= 4 is 33.2 Å². The molecule has 1 heterocycles. The van der Waals surface area contributed by atoms with Crippen LogP contribution in [-0.4, -0.2) is 40.4 Å². The van der Waals surface area contributed by atoms with Gasteiger partial charge in [0.15, 0.2) is 0 Å². The zero-order chi connectivity index (χ0) is 24.2. The average molecular weight is 473 g/mol. The second kappa shape index (κ2) is 10.4. The molecule has 3 rings (SSSR count). The number of carbonyl (C=O) groups is 2. The topological polar surface area (TPSA) is 108 Å². The molecule has 1 atom stereocenters. The molecule has 3 N–H and O–H groups in total. The van der Waals surface area contributed by atoms with Gasteiger partial charge in [0.25, 0.3) is 0 Å². The summed E-state index contributed by atoms with van der Waals surface area (Å²) in [6, 6.07) is 11.5. The maximum Gasteiger partial charge on any atom is 0.241 e. The van der Waals surface area contributed by atoms with Crippen LogP contribution in [-0.2, 0) is 32.6 Å². The third-order valence-corrected chi connectivity index (χ3v) is 7.10. The van der Waals surface area contributed by atoms with Crippen molar-refractivity contribution in [2.75, 3.05) is 24.3 Å². The standard InChI is InChI=1S/C24H32N4O4S/c1-16(2)23(24(30)25-15-17-8-10-19(11-9-17)28(3)4)27-33(31,32)20-12-13-21-18(14-20)6-5-7-22(29)26-21/h8-14,16,23,27H,5-7,15H2,1-4H3,(H,25,30)(H,26,29)/t23-/m0/s1. The first-order valence-corrected chi connectivity index (χ1v) is 12.5. The lowest BCUT2D eigenvalue weighted by molar-refractivity contribution is -0.123. The Morgan fingerprint density at radius 2 is 1.79 bits per heavy atom. The van der Waals surface area contributed by atoms with Gasteiger partial charge in [-0.2, -0.15) is 4.72 Å². The molecule has 33 heavy (non-hydrogen) atoms. The quantitative estimate of drug-likeness (QED) is 0.548. The predicted molar refractivity (Wildman–Crippen MR) is 130 cm³/mol. The van der Waals surface area contributed by atoms with Gasteiger partial charge in [0, 0.05) is 38.4 Å². The van der Waals surface area contributed by atoms with E-state index in [1.807, 2.05) is 43.3 Å². The highest BCUT2D eigenvalue weighted by molar-refractivity contribution is 7.89. The Balaban J connectivity index is 1.71. The maximum atomic E-state index is 13.1. The normalized spacial score (nSPS) is 14.8. The molecule has 8 nitrogen and oxygen atoms in total. The van der Waals surface area contributed by atoms with Gasteiger partial charge in [-0.25, -0.2) is 8.42 Å². The van der Waals surface area contributed by atoms with E-state index in [2.05, 4.69) is 15.4 Å². The molecule has 1 aliphatic heterocycles. The molecule has 0 spiro atoms. The highest BCUT2D eigenvalue weighted by Gasteiger charge is 2.29. The number of anilines is 2. The van der Waals surface area contributed by atoms with Crippen LogP contribution in [0.1, 0.15) is 37.8 Å². The fraction of sp³-hybridized carbons (Fsp3) is 0.417. The van der Waals surface area contributed by atoms with Crippen LogP contribution >= 0.6 is 0 Å². The highest BCUT2D eigenvalue weighted by atomic mass is 32.2. The monoisotopic (exact) mass is 472 g/mol. The van der Waals surface area contributed by atoms with E-state index in [0.29, 0.717) is 31.5 Å². The van der Waals surface area contributed by atoms with Gasteiger partial charge in [-0.3, -0.25) is 9.59 Å². The average Bonchev–Trinajstić information content (AvgIpc) is 2.95. The van der Waals surface area contributed by atoms with Gasteiger partial charge in [-0.15, -0.1) is 0 Å². The Morgan fingerprint density at radius 3 is 2.42 bits per heavy atom. The van der Waals surface area contributed by atoms with E-state index in [1.165, 1.54) is 6.07 Å². The summed E-state index contributed by atoms with van der Waals surface area (Å²) >= 11 is 0. The third kappa shape index (κ3) is 6.33. The summed E-state index contributed by atoms with van der Waals surface area (Å²) in [6.45, 7) is 3.90. The van der Waals surface area contributed by atoms with Crippen molar-refractivity contribution in [2.24, 2.45) is 5.92 Å².